The first-order valence-corrected chi connectivity index (χ1v) is 6.58. The zero-order chi connectivity index (χ0) is 14.4. The predicted octanol–water partition coefficient (Wildman–Crippen LogP) is 2.87. The fourth-order valence-electron chi connectivity index (χ4n) is 2.15. The zero-order valence-corrected chi connectivity index (χ0v) is 11.5. The number of anilines is 1. The highest BCUT2D eigenvalue weighted by Gasteiger charge is 2.11. The van der Waals surface area contributed by atoms with Gasteiger partial charge in [0.15, 0.2) is 0 Å². The molecule has 0 saturated heterocycles. The highest BCUT2D eigenvalue weighted by molar-refractivity contribution is 5.68. The molecule has 0 unspecified atom stereocenters. The first kappa shape index (κ1) is 14.1. The van der Waals surface area contributed by atoms with E-state index in [2.05, 4.69) is 9.88 Å². The van der Waals surface area contributed by atoms with E-state index in [0.29, 0.717) is 13.1 Å². The molecule has 1 aromatic carbocycles. The molecule has 0 atom stereocenters. The largest absolute Gasteiger partial charge is 0.481 e. The molecule has 0 fully saturated rings. The molecule has 1 N–H and O–H groups in total. The number of para-hydroxylation sites is 1. The Bertz CT molecular complexity index is 570. The smallest absolute Gasteiger partial charge is 0.305 e. The zero-order valence-electron chi connectivity index (χ0n) is 11.5. The summed E-state index contributed by atoms with van der Waals surface area (Å²) < 4.78 is 0. The molecule has 0 spiro atoms. The molecule has 0 radical (unpaired) electrons. The van der Waals surface area contributed by atoms with Crippen molar-refractivity contribution in [3.8, 4) is 0 Å². The van der Waals surface area contributed by atoms with Gasteiger partial charge in [0.05, 0.1) is 6.42 Å². The highest BCUT2D eigenvalue weighted by atomic mass is 16.4. The summed E-state index contributed by atoms with van der Waals surface area (Å²) in [6.07, 6.45) is 3.67. The van der Waals surface area contributed by atoms with E-state index in [1.165, 1.54) is 0 Å². The maximum Gasteiger partial charge on any atom is 0.305 e. The number of aryl methyl sites for hydroxylation is 1. The van der Waals surface area contributed by atoms with Crippen LogP contribution in [0.1, 0.15) is 17.5 Å². The molecular formula is C16H18N2O2. The van der Waals surface area contributed by atoms with E-state index in [-0.39, 0.29) is 6.42 Å². The Morgan fingerprint density at radius 3 is 2.70 bits per heavy atom. The van der Waals surface area contributed by atoms with E-state index >= 15 is 0 Å². The topological polar surface area (TPSA) is 53.4 Å². The lowest BCUT2D eigenvalue weighted by atomic mass is 10.1. The Kier molecular flexibility index (Phi) is 4.71. The van der Waals surface area contributed by atoms with Gasteiger partial charge in [0.2, 0.25) is 0 Å². The molecule has 4 heteroatoms. The van der Waals surface area contributed by atoms with Gasteiger partial charge in [-0.1, -0.05) is 24.3 Å². The summed E-state index contributed by atoms with van der Waals surface area (Å²) in [5.74, 6) is -0.783. The second-order valence-electron chi connectivity index (χ2n) is 4.71. The van der Waals surface area contributed by atoms with Gasteiger partial charge in [-0.05, 0) is 30.2 Å². The Morgan fingerprint density at radius 2 is 2.05 bits per heavy atom. The van der Waals surface area contributed by atoms with E-state index < -0.39 is 5.97 Å². The molecule has 104 valence electrons. The molecule has 0 amide bonds. The molecule has 0 aliphatic rings. The second-order valence-corrected chi connectivity index (χ2v) is 4.71. The predicted molar refractivity (Wildman–Crippen MR) is 78.7 cm³/mol. The lowest BCUT2D eigenvalue weighted by Gasteiger charge is -2.26. The Labute approximate surface area is 118 Å². The van der Waals surface area contributed by atoms with Gasteiger partial charge >= 0.3 is 5.97 Å². The molecule has 2 aromatic rings. The minimum atomic E-state index is -0.783. The number of hydrogen-bond donors (Lipinski definition) is 1. The summed E-state index contributed by atoms with van der Waals surface area (Å²) in [6, 6.07) is 11.9. The van der Waals surface area contributed by atoms with Crippen LogP contribution in [0.3, 0.4) is 0 Å². The molecule has 20 heavy (non-hydrogen) atoms. The van der Waals surface area contributed by atoms with Crippen molar-refractivity contribution >= 4 is 11.7 Å². The first-order chi connectivity index (χ1) is 9.66. The minimum Gasteiger partial charge on any atom is -0.481 e. The normalized spacial score (nSPS) is 10.2. The number of nitrogens with zero attached hydrogens (tertiary/aromatic N) is 2. The van der Waals surface area contributed by atoms with Crippen LogP contribution in [0.4, 0.5) is 5.69 Å². The van der Waals surface area contributed by atoms with Crippen molar-refractivity contribution in [2.75, 3.05) is 11.4 Å². The number of hydrogen-bond acceptors (Lipinski definition) is 3. The fraction of sp³-hybridized carbons (Fsp3) is 0.250. The number of carboxylic acid groups (broad SMARTS) is 1. The van der Waals surface area contributed by atoms with Gasteiger partial charge in [0, 0.05) is 31.2 Å². The van der Waals surface area contributed by atoms with Crippen LogP contribution in [0.25, 0.3) is 0 Å². The van der Waals surface area contributed by atoms with Crippen molar-refractivity contribution < 1.29 is 9.90 Å². The number of rotatable bonds is 6. The number of carbonyl (C=O) groups is 1. The van der Waals surface area contributed by atoms with Crippen molar-refractivity contribution in [3.63, 3.8) is 0 Å². The van der Waals surface area contributed by atoms with Crippen LogP contribution in [0.2, 0.25) is 0 Å². The third-order valence-corrected chi connectivity index (χ3v) is 3.15. The van der Waals surface area contributed by atoms with Crippen molar-refractivity contribution in [2.24, 2.45) is 0 Å². The minimum absolute atomic E-state index is 0.120. The first-order valence-electron chi connectivity index (χ1n) is 6.58. The molecule has 0 aliphatic heterocycles. The number of pyridine rings is 1. The molecule has 2 rings (SSSR count). The number of benzene rings is 1. The van der Waals surface area contributed by atoms with E-state index in [1.54, 1.807) is 6.20 Å². The number of carboxylic acids is 1. The van der Waals surface area contributed by atoms with Crippen LogP contribution in [-0.2, 0) is 11.3 Å². The van der Waals surface area contributed by atoms with Crippen molar-refractivity contribution in [2.45, 2.75) is 19.9 Å². The summed E-state index contributed by atoms with van der Waals surface area (Å²) in [7, 11) is 0. The van der Waals surface area contributed by atoms with Crippen LogP contribution < -0.4 is 4.90 Å². The van der Waals surface area contributed by atoms with Gasteiger partial charge < -0.3 is 10.0 Å². The maximum atomic E-state index is 10.8. The standard InChI is InChI=1S/C16H18N2O2/c1-13-5-2-3-7-15(13)18(10-8-16(19)20)12-14-6-4-9-17-11-14/h2-7,9,11H,8,10,12H2,1H3,(H,19,20). The van der Waals surface area contributed by atoms with E-state index in [0.717, 1.165) is 16.8 Å². The van der Waals surface area contributed by atoms with Crippen LogP contribution in [0, 0.1) is 6.92 Å². The molecule has 4 nitrogen and oxygen atoms in total. The van der Waals surface area contributed by atoms with Crippen molar-refractivity contribution in [1.82, 2.24) is 4.98 Å². The van der Waals surface area contributed by atoms with Gasteiger partial charge in [0.25, 0.3) is 0 Å². The van der Waals surface area contributed by atoms with Gasteiger partial charge in [-0.2, -0.15) is 0 Å². The van der Waals surface area contributed by atoms with E-state index in [9.17, 15) is 4.79 Å². The third kappa shape index (κ3) is 3.82. The van der Waals surface area contributed by atoms with Gasteiger partial charge in [-0.15, -0.1) is 0 Å². The summed E-state index contributed by atoms with van der Waals surface area (Å²) in [6.45, 7) is 3.17. The monoisotopic (exact) mass is 270 g/mol. The summed E-state index contributed by atoms with van der Waals surface area (Å²) in [5, 5.41) is 8.91. The van der Waals surface area contributed by atoms with Crippen LogP contribution >= 0.6 is 0 Å². The second kappa shape index (κ2) is 6.70. The van der Waals surface area contributed by atoms with Crippen LogP contribution in [-0.4, -0.2) is 22.6 Å². The quantitative estimate of drug-likeness (QED) is 0.877. The number of aromatic nitrogens is 1. The average molecular weight is 270 g/mol. The molecule has 1 aromatic heterocycles. The van der Waals surface area contributed by atoms with Crippen LogP contribution in [0.5, 0.6) is 0 Å². The highest BCUT2D eigenvalue weighted by Crippen LogP contribution is 2.21. The third-order valence-electron chi connectivity index (χ3n) is 3.15. The average Bonchev–Trinajstić information content (AvgIpc) is 2.45. The van der Waals surface area contributed by atoms with E-state index in [4.69, 9.17) is 5.11 Å². The number of aliphatic carboxylic acids is 1. The Morgan fingerprint density at radius 1 is 1.25 bits per heavy atom. The van der Waals surface area contributed by atoms with E-state index in [1.807, 2.05) is 49.5 Å². The van der Waals surface area contributed by atoms with Gasteiger partial charge in [-0.3, -0.25) is 9.78 Å². The SMILES string of the molecule is Cc1ccccc1N(CCC(=O)O)Cc1cccnc1. The summed E-state index contributed by atoms with van der Waals surface area (Å²) >= 11 is 0. The Hall–Kier alpha value is -2.36. The fourth-order valence-corrected chi connectivity index (χ4v) is 2.15. The van der Waals surface area contributed by atoms with Gasteiger partial charge in [0.1, 0.15) is 0 Å². The molecule has 0 saturated carbocycles. The lowest BCUT2D eigenvalue weighted by molar-refractivity contribution is -0.136. The lowest BCUT2D eigenvalue weighted by Crippen LogP contribution is -2.26. The van der Waals surface area contributed by atoms with Crippen molar-refractivity contribution in [1.29, 1.82) is 0 Å². The molecule has 1 heterocycles. The molecular weight excluding hydrogens is 252 g/mol. The molecule has 0 bridgehead atoms. The van der Waals surface area contributed by atoms with Gasteiger partial charge in [-0.25, -0.2) is 0 Å². The Balaban J connectivity index is 2.20. The van der Waals surface area contributed by atoms with Crippen LogP contribution in [0.15, 0.2) is 48.8 Å². The molecule has 0 aliphatic carbocycles. The maximum absolute atomic E-state index is 10.8. The van der Waals surface area contributed by atoms with Crippen molar-refractivity contribution in [3.05, 3.63) is 59.9 Å². The summed E-state index contributed by atoms with van der Waals surface area (Å²) in [4.78, 5) is 17.0. The summed E-state index contributed by atoms with van der Waals surface area (Å²) in [5.41, 5.74) is 3.28.